The molecule has 10 nitrogen and oxygen atoms in total. The number of carbonyl (C=O) groups excluding carboxylic acids is 1. The fraction of sp³-hybridized carbons (Fsp3) is 0.481. The first kappa shape index (κ1) is 26.2. The summed E-state index contributed by atoms with van der Waals surface area (Å²) in [6.45, 7) is 11.1. The minimum absolute atomic E-state index is 0.134. The van der Waals surface area contributed by atoms with Crippen LogP contribution in [0.1, 0.15) is 47.5 Å². The number of amides is 1. The molecule has 1 aliphatic heterocycles. The lowest BCUT2D eigenvalue weighted by Gasteiger charge is -2.34. The van der Waals surface area contributed by atoms with Crippen LogP contribution in [0, 0.1) is 0 Å². The summed E-state index contributed by atoms with van der Waals surface area (Å²) in [6, 6.07) is 8.77. The molecule has 10 heteroatoms. The van der Waals surface area contributed by atoms with Gasteiger partial charge in [0.05, 0.1) is 5.69 Å². The standard InChI is InChI=1S/C27H36N6O4/c1-18(2)14-16-32-21-22(30(6)26(36)33(23(21)34)20-12-8-7-9-13-20)29-24(32)31-15-10-11-19(17-31)28-25(35)37-27(3,4)5/h7-9,12-14,19H,10-11,15-17H2,1-6H3,(H,28,35). The van der Waals surface area contributed by atoms with Crippen LogP contribution in [0.25, 0.3) is 16.9 Å². The molecule has 0 spiro atoms. The van der Waals surface area contributed by atoms with Crippen LogP contribution >= 0.6 is 0 Å². The first-order valence-corrected chi connectivity index (χ1v) is 12.6. The minimum atomic E-state index is -0.583. The molecule has 1 amide bonds. The fourth-order valence-electron chi connectivity index (χ4n) is 4.55. The lowest BCUT2D eigenvalue weighted by molar-refractivity contribution is 0.0499. The number of alkyl carbamates (subject to hydrolysis) is 1. The van der Waals surface area contributed by atoms with Crippen molar-refractivity contribution in [2.24, 2.45) is 7.05 Å². The van der Waals surface area contributed by atoms with E-state index in [2.05, 4.69) is 10.2 Å². The monoisotopic (exact) mass is 508 g/mol. The first-order chi connectivity index (χ1) is 17.5. The van der Waals surface area contributed by atoms with Crippen molar-refractivity contribution >= 4 is 23.2 Å². The Balaban J connectivity index is 1.80. The molecule has 1 fully saturated rings. The first-order valence-electron chi connectivity index (χ1n) is 12.6. The summed E-state index contributed by atoms with van der Waals surface area (Å²) in [5, 5.41) is 2.97. The van der Waals surface area contributed by atoms with E-state index in [1.807, 2.05) is 51.3 Å². The van der Waals surface area contributed by atoms with Crippen molar-refractivity contribution in [1.82, 2.24) is 24.0 Å². The number of nitrogens with one attached hydrogen (secondary N) is 1. The Kier molecular flexibility index (Phi) is 7.29. The molecule has 1 saturated heterocycles. The molecule has 1 N–H and O–H groups in total. The third-order valence-electron chi connectivity index (χ3n) is 6.25. The van der Waals surface area contributed by atoms with Crippen LogP contribution in [0.5, 0.6) is 0 Å². The lowest BCUT2D eigenvalue weighted by Crippen LogP contribution is -2.49. The van der Waals surface area contributed by atoms with Crippen LogP contribution in [0.2, 0.25) is 0 Å². The second-order valence-electron chi connectivity index (χ2n) is 10.7. The molecule has 1 unspecified atom stereocenters. The largest absolute Gasteiger partial charge is 0.444 e. The second-order valence-corrected chi connectivity index (χ2v) is 10.7. The number of hydrogen-bond acceptors (Lipinski definition) is 6. The van der Waals surface area contributed by atoms with Crippen molar-refractivity contribution in [2.45, 2.75) is 65.6 Å². The van der Waals surface area contributed by atoms with Crippen LogP contribution in [0.3, 0.4) is 0 Å². The predicted octanol–water partition coefficient (Wildman–Crippen LogP) is 3.35. The second kappa shape index (κ2) is 10.3. The number of benzene rings is 1. The number of imidazole rings is 1. The number of aromatic nitrogens is 4. The molecule has 2 aromatic heterocycles. The number of nitrogens with zero attached hydrogens (tertiary/aromatic N) is 5. The van der Waals surface area contributed by atoms with E-state index in [0.29, 0.717) is 42.4 Å². The molecule has 198 valence electrons. The summed E-state index contributed by atoms with van der Waals surface area (Å²) in [7, 11) is 1.63. The normalized spacial score (nSPS) is 16.1. The third kappa shape index (κ3) is 5.63. The van der Waals surface area contributed by atoms with Gasteiger partial charge in [-0.3, -0.25) is 9.36 Å². The molecule has 0 saturated carbocycles. The van der Waals surface area contributed by atoms with Gasteiger partial charge < -0.3 is 19.5 Å². The SMILES string of the molecule is CC(C)=CCn1c(N2CCCC(NC(=O)OC(C)(C)C)C2)nc2c1c(=O)n(-c1ccccc1)c(=O)n2C. The van der Waals surface area contributed by atoms with Gasteiger partial charge in [0, 0.05) is 32.7 Å². The molecule has 3 aromatic rings. The van der Waals surface area contributed by atoms with Gasteiger partial charge >= 0.3 is 11.8 Å². The summed E-state index contributed by atoms with van der Waals surface area (Å²) in [5.74, 6) is 0.598. The van der Waals surface area contributed by atoms with Crippen molar-refractivity contribution in [2.75, 3.05) is 18.0 Å². The van der Waals surface area contributed by atoms with Crippen molar-refractivity contribution in [1.29, 1.82) is 0 Å². The highest BCUT2D eigenvalue weighted by molar-refractivity contribution is 5.75. The molecule has 3 heterocycles. The van der Waals surface area contributed by atoms with E-state index in [1.165, 1.54) is 9.13 Å². The van der Waals surface area contributed by atoms with Crippen molar-refractivity contribution < 1.29 is 9.53 Å². The number of fused-ring (bicyclic) bond motifs is 1. The van der Waals surface area contributed by atoms with Crippen LogP contribution in [0.15, 0.2) is 51.6 Å². The van der Waals surface area contributed by atoms with Gasteiger partial charge in [-0.2, -0.15) is 4.98 Å². The number of anilines is 1. The van der Waals surface area contributed by atoms with E-state index in [0.717, 1.165) is 18.4 Å². The number of hydrogen-bond donors (Lipinski definition) is 1. The maximum atomic E-state index is 13.8. The Bertz CT molecular complexity index is 1440. The van der Waals surface area contributed by atoms with Gasteiger partial charge in [-0.25, -0.2) is 14.2 Å². The highest BCUT2D eigenvalue weighted by atomic mass is 16.6. The average Bonchev–Trinajstić information content (AvgIpc) is 3.21. The van der Waals surface area contributed by atoms with Gasteiger partial charge in [0.2, 0.25) is 5.95 Å². The van der Waals surface area contributed by atoms with Gasteiger partial charge in [0.1, 0.15) is 5.60 Å². The van der Waals surface area contributed by atoms with Crippen LogP contribution in [-0.2, 0) is 18.3 Å². The molecule has 1 atom stereocenters. The van der Waals surface area contributed by atoms with Gasteiger partial charge in [0.15, 0.2) is 11.2 Å². The maximum absolute atomic E-state index is 13.8. The fourth-order valence-corrected chi connectivity index (χ4v) is 4.55. The zero-order valence-corrected chi connectivity index (χ0v) is 22.4. The van der Waals surface area contributed by atoms with Crippen LogP contribution < -0.4 is 21.5 Å². The Morgan fingerprint density at radius 3 is 2.54 bits per heavy atom. The van der Waals surface area contributed by atoms with Crippen LogP contribution in [0.4, 0.5) is 10.7 Å². The smallest absolute Gasteiger partial charge is 0.407 e. The quantitative estimate of drug-likeness (QED) is 0.530. The number of carbonyl (C=O) groups is 1. The molecule has 1 aliphatic rings. The minimum Gasteiger partial charge on any atom is -0.444 e. The van der Waals surface area contributed by atoms with E-state index in [4.69, 9.17) is 9.72 Å². The summed E-state index contributed by atoms with van der Waals surface area (Å²) in [4.78, 5) is 46.3. The zero-order valence-electron chi connectivity index (χ0n) is 22.4. The third-order valence-corrected chi connectivity index (χ3v) is 6.25. The lowest BCUT2D eigenvalue weighted by atomic mass is 10.1. The number of rotatable bonds is 5. The summed E-state index contributed by atoms with van der Waals surface area (Å²) in [5.41, 5.74) is 0.855. The van der Waals surface area contributed by atoms with Gasteiger partial charge in [-0.05, 0) is 59.6 Å². The molecule has 1 aromatic carbocycles. The average molecular weight is 509 g/mol. The number of piperidine rings is 1. The van der Waals surface area contributed by atoms with Crippen molar-refractivity contribution in [3.8, 4) is 5.69 Å². The molecule has 4 rings (SSSR count). The number of aryl methyl sites for hydroxylation is 1. The number of para-hydroxylation sites is 1. The van der Waals surface area contributed by atoms with Crippen LogP contribution in [-0.4, -0.2) is 49.5 Å². The van der Waals surface area contributed by atoms with E-state index >= 15 is 0 Å². The van der Waals surface area contributed by atoms with Gasteiger partial charge in [-0.1, -0.05) is 29.8 Å². The summed E-state index contributed by atoms with van der Waals surface area (Å²) < 4.78 is 9.93. The topological polar surface area (TPSA) is 103 Å². The van der Waals surface area contributed by atoms with E-state index in [1.54, 1.807) is 31.3 Å². The summed E-state index contributed by atoms with van der Waals surface area (Å²) in [6.07, 6.45) is 3.22. The molecular formula is C27H36N6O4. The molecule has 0 bridgehead atoms. The highest BCUT2D eigenvalue weighted by Gasteiger charge is 2.29. The number of allylic oxidation sites excluding steroid dienone is 2. The Labute approximate surface area is 216 Å². The maximum Gasteiger partial charge on any atom is 0.407 e. The molecular weight excluding hydrogens is 472 g/mol. The van der Waals surface area contributed by atoms with Crippen molar-refractivity contribution in [3.05, 3.63) is 62.8 Å². The Morgan fingerprint density at radius 1 is 1.19 bits per heavy atom. The summed E-state index contributed by atoms with van der Waals surface area (Å²) >= 11 is 0. The Hall–Kier alpha value is -3.82. The molecule has 0 radical (unpaired) electrons. The zero-order chi connectivity index (χ0) is 26.9. The van der Waals surface area contributed by atoms with E-state index in [9.17, 15) is 14.4 Å². The van der Waals surface area contributed by atoms with E-state index < -0.39 is 22.9 Å². The predicted molar refractivity (Wildman–Crippen MR) is 145 cm³/mol. The molecule has 37 heavy (non-hydrogen) atoms. The Morgan fingerprint density at radius 2 is 1.89 bits per heavy atom. The van der Waals surface area contributed by atoms with Gasteiger partial charge in [0.25, 0.3) is 5.56 Å². The van der Waals surface area contributed by atoms with E-state index in [-0.39, 0.29) is 6.04 Å². The molecule has 0 aliphatic carbocycles. The number of ether oxygens (including phenoxy) is 1. The van der Waals surface area contributed by atoms with Gasteiger partial charge in [-0.15, -0.1) is 0 Å². The highest BCUT2D eigenvalue weighted by Crippen LogP contribution is 2.24. The van der Waals surface area contributed by atoms with Crippen molar-refractivity contribution in [3.63, 3.8) is 0 Å².